The first kappa shape index (κ1) is 15.3. The third kappa shape index (κ3) is 2.97. The minimum Gasteiger partial charge on any atom is -0.370 e. The van der Waals surface area contributed by atoms with E-state index in [1.54, 1.807) is 11.0 Å². The van der Waals surface area contributed by atoms with Crippen LogP contribution in [0.15, 0.2) is 24.3 Å². The standard InChI is InChI=1S/C16H18F3NO2/c1-10-8-12(10)15(21)20-6-7-22-14(9-20)11-4-2-3-5-13(11)16(17,18)19/h2-5,10,12,14H,6-9H2,1H3/t10-,12+,14-/m1/s1. The molecule has 3 rings (SSSR count). The summed E-state index contributed by atoms with van der Waals surface area (Å²) in [5.74, 6) is 0.471. The molecule has 3 nitrogen and oxygen atoms in total. The van der Waals surface area contributed by atoms with Crippen LogP contribution >= 0.6 is 0 Å². The molecular weight excluding hydrogens is 295 g/mol. The highest BCUT2D eigenvalue weighted by atomic mass is 19.4. The van der Waals surface area contributed by atoms with Gasteiger partial charge in [0, 0.05) is 12.5 Å². The Balaban J connectivity index is 1.79. The molecule has 3 atom stereocenters. The van der Waals surface area contributed by atoms with Crippen LogP contribution in [0.3, 0.4) is 0 Å². The molecule has 2 fully saturated rings. The van der Waals surface area contributed by atoms with Gasteiger partial charge < -0.3 is 9.64 Å². The molecule has 1 aromatic carbocycles. The van der Waals surface area contributed by atoms with Crippen molar-refractivity contribution >= 4 is 5.91 Å². The van der Waals surface area contributed by atoms with Gasteiger partial charge in [0.2, 0.25) is 5.91 Å². The first-order valence-corrected chi connectivity index (χ1v) is 7.44. The summed E-state index contributed by atoms with van der Waals surface area (Å²) < 4.78 is 44.9. The van der Waals surface area contributed by atoms with Crippen molar-refractivity contribution in [3.8, 4) is 0 Å². The third-order valence-electron chi connectivity index (χ3n) is 4.42. The summed E-state index contributed by atoms with van der Waals surface area (Å²) in [6.07, 6.45) is -4.26. The molecule has 1 heterocycles. The average Bonchev–Trinajstić information content (AvgIpc) is 3.23. The van der Waals surface area contributed by atoms with Crippen LogP contribution in [-0.2, 0) is 15.7 Å². The summed E-state index contributed by atoms with van der Waals surface area (Å²) in [7, 11) is 0. The van der Waals surface area contributed by atoms with Crippen LogP contribution in [-0.4, -0.2) is 30.5 Å². The molecular formula is C16H18F3NO2. The Labute approximate surface area is 127 Å². The Hall–Kier alpha value is -1.56. The van der Waals surface area contributed by atoms with Gasteiger partial charge in [-0.05, 0) is 24.0 Å². The topological polar surface area (TPSA) is 29.5 Å². The molecule has 1 aliphatic heterocycles. The Bertz CT molecular complexity index is 573. The van der Waals surface area contributed by atoms with Gasteiger partial charge >= 0.3 is 6.18 Å². The van der Waals surface area contributed by atoms with Gasteiger partial charge in [0.25, 0.3) is 0 Å². The number of hydrogen-bond acceptors (Lipinski definition) is 2. The van der Waals surface area contributed by atoms with E-state index in [2.05, 4.69) is 0 Å². The van der Waals surface area contributed by atoms with Crippen LogP contribution in [0.25, 0.3) is 0 Å². The predicted molar refractivity (Wildman–Crippen MR) is 74.0 cm³/mol. The van der Waals surface area contributed by atoms with Crippen LogP contribution in [0, 0.1) is 11.8 Å². The van der Waals surface area contributed by atoms with Crippen molar-refractivity contribution in [3.63, 3.8) is 0 Å². The van der Waals surface area contributed by atoms with Gasteiger partial charge in [-0.2, -0.15) is 13.2 Å². The minimum absolute atomic E-state index is 0.0385. The summed E-state index contributed by atoms with van der Waals surface area (Å²) >= 11 is 0. The van der Waals surface area contributed by atoms with E-state index in [0.717, 1.165) is 12.5 Å². The van der Waals surface area contributed by atoms with Crippen LogP contribution in [0.4, 0.5) is 13.2 Å². The number of rotatable bonds is 2. The Morgan fingerprint density at radius 2 is 2.00 bits per heavy atom. The Morgan fingerprint density at radius 3 is 2.64 bits per heavy atom. The van der Waals surface area contributed by atoms with Crippen molar-refractivity contribution in [2.45, 2.75) is 25.6 Å². The van der Waals surface area contributed by atoms with Crippen LogP contribution in [0.2, 0.25) is 0 Å². The Kier molecular flexibility index (Phi) is 3.89. The predicted octanol–water partition coefficient (Wildman–Crippen LogP) is 3.26. The lowest BCUT2D eigenvalue weighted by Gasteiger charge is -2.34. The second-order valence-corrected chi connectivity index (χ2v) is 6.05. The molecule has 1 saturated heterocycles. The molecule has 2 aliphatic rings. The molecule has 0 N–H and O–H groups in total. The maximum atomic E-state index is 13.1. The summed E-state index contributed by atoms with van der Waals surface area (Å²) in [6.45, 7) is 2.92. The summed E-state index contributed by atoms with van der Waals surface area (Å²) in [5.41, 5.74) is -0.578. The van der Waals surface area contributed by atoms with Gasteiger partial charge in [0.1, 0.15) is 6.10 Å². The number of halogens is 3. The molecule has 0 spiro atoms. The van der Waals surface area contributed by atoms with Crippen molar-refractivity contribution in [3.05, 3.63) is 35.4 Å². The maximum absolute atomic E-state index is 13.1. The third-order valence-corrected chi connectivity index (χ3v) is 4.42. The van der Waals surface area contributed by atoms with Gasteiger partial charge in [-0.25, -0.2) is 0 Å². The molecule has 1 saturated carbocycles. The van der Waals surface area contributed by atoms with Crippen molar-refractivity contribution in [2.75, 3.05) is 19.7 Å². The first-order chi connectivity index (χ1) is 10.4. The fraction of sp³-hybridized carbons (Fsp3) is 0.562. The Morgan fingerprint density at radius 1 is 1.32 bits per heavy atom. The molecule has 1 aliphatic carbocycles. The molecule has 22 heavy (non-hydrogen) atoms. The van der Waals surface area contributed by atoms with Crippen LogP contribution in [0.5, 0.6) is 0 Å². The summed E-state index contributed by atoms with van der Waals surface area (Å²) in [4.78, 5) is 13.9. The van der Waals surface area contributed by atoms with Crippen molar-refractivity contribution in [2.24, 2.45) is 11.8 Å². The number of carbonyl (C=O) groups is 1. The number of hydrogen-bond donors (Lipinski definition) is 0. The molecule has 1 amide bonds. The maximum Gasteiger partial charge on any atom is 0.416 e. The summed E-state index contributed by atoms with van der Waals surface area (Å²) in [5, 5.41) is 0. The fourth-order valence-corrected chi connectivity index (χ4v) is 2.97. The number of ether oxygens (including phenoxy) is 1. The molecule has 0 bridgehead atoms. The summed E-state index contributed by atoms with van der Waals surface area (Å²) in [6, 6.07) is 5.42. The van der Waals surface area contributed by atoms with E-state index >= 15 is 0 Å². The smallest absolute Gasteiger partial charge is 0.370 e. The lowest BCUT2D eigenvalue weighted by molar-refractivity contribution is -0.144. The van der Waals surface area contributed by atoms with Crippen molar-refractivity contribution in [1.82, 2.24) is 4.90 Å². The highest BCUT2D eigenvalue weighted by molar-refractivity contribution is 5.81. The van der Waals surface area contributed by atoms with E-state index in [1.807, 2.05) is 6.92 Å². The normalized spacial score (nSPS) is 28.5. The van der Waals surface area contributed by atoms with Crippen molar-refractivity contribution < 1.29 is 22.7 Å². The zero-order chi connectivity index (χ0) is 15.9. The van der Waals surface area contributed by atoms with Crippen LogP contribution < -0.4 is 0 Å². The van der Waals surface area contributed by atoms with Crippen LogP contribution in [0.1, 0.15) is 30.6 Å². The minimum atomic E-state index is -4.42. The highest BCUT2D eigenvalue weighted by Crippen LogP contribution is 2.41. The zero-order valence-corrected chi connectivity index (χ0v) is 12.3. The second kappa shape index (κ2) is 5.57. The van der Waals surface area contributed by atoms with E-state index in [0.29, 0.717) is 12.5 Å². The van der Waals surface area contributed by atoms with Gasteiger partial charge in [-0.1, -0.05) is 25.1 Å². The molecule has 0 radical (unpaired) electrons. The highest BCUT2D eigenvalue weighted by Gasteiger charge is 2.43. The molecule has 6 heteroatoms. The number of nitrogens with zero attached hydrogens (tertiary/aromatic N) is 1. The molecule has 0 unspecified atom stereocenters. The van der Waals surface area contributed by atoms with E-state index in [1.165, 1.54) is 12.1 Å². The average molecular weight is 313 g/mol. The van der Waals surface area contributed by atoms with E-state index in [4.69, 9.17) is 4.74 Å². The number of carbonyl (C=O) groups excluding carboxylic acids is 1. The zero-order valence-electron chi connectivity index (χ0n) is 12.3. The second-order valence-electron chi connectivity index (χ2n) is 6.05. The monoisotopic (exact) mass is 313 g/mol. The van der Waals surface area contributed by atoms with Gasteiger partial charge in [-0.3, -0.25) is 4.79 Å². The van der Waals surface area contributed by atoms with E-state index < -0.39 is 17.8 Å². The molecule has 0 aromatic heterocycles. The van der Waals surface area contributed by atoms with Gasteiger partial charge in [-0.15, -0.1) is 0 Å². The largest absolute Gasteiger partial charge is 0.416 e. The SMILES string of the molecule is C[C@@H]1C[C@@H]1C(=O)N1CCO[C@@H](c2ccccc2C(F)(F)F)C1. The number of alkyl halides is 3. The number of morpholine rings is 1. The van der Waals surface area contributed by atoms with Crippen molar-refractivity contribution in [1.29, 1.82) is 0 Å². The quantitative estimate of drug-likeness (QED) is 0.839. The molecule has 1 aromatic rings. The fourth-order valence-electron chi connectivity index (χ4n) is 2.97. The van der Waals surface area contributed by atoms with E-state index in [9.17, 15) is 18.0 Å². The lowest BCUT2D eigenvalue weighted by Crippen LogP contribution is -2.43. The van der Waals surface area contributed by atoms with Gasteiger partial charge in [0.15, 0.2) is 0 Å². The molecule has 120 valence electrons. The van der Waals surface area contributed by atoms with E-state index in [-0.39, 0.29) is 30.5 Å². The van der Waals surface area contributed by atoms with Gasteiger partial charge in [0.05, 0.1) is 18.7 Å². The lowest BCUT2D eigenvalue weighted by atomic mass is 10.0. The number of amides is 1. The number of benzene rings is 1. The first-order valence-electron chi connectivity index (χ1n) is 7.44.